The molecule has 3 heteroatoms. The SMILES string of the molecule is CCC(CC(C)NC)NCCOC. The van der Waals surface area contributed by atoms with E-state index in [4.69, 9.17) is 4.74 Å². The average molecular weight is 188 g/mol. The van der Waals surface area contributed by atoms with Crippen LogP contribution in [0.15, 0.2) is 0 Å². The van der Waals surface area contributed by atoms with Gasteiger partial charge in [-0.3, -0.25) is 0 Å². The molecule has 0 aromatic rings. The van der Waals surface area contributed by atoms with Gasteiger partial charge in [0.05, 0.1) is 6.61 Å². The van der Waals surface area contributed by atoms with Gasteiger partial charge in [0.25, 0.3) is 0 Å². The first-order valence-electron chi connectivity index (χ1n) is 5.14. The summed E-state index contributed by atoms with van der Waals surface area (Å²) in [7, 11) is 3.74. The second-order valence-electron chi connectivity index (χ2n) is 3.48. The minimum absolute atomic E-state index is 0.583. The van der Waals surface area contributed by atoms with Crippen LogP contribution in [-0.4, -0.2) is 39.4 Å². The number of methoxy groups -OCH3 is 1. The molecule has 2 unspecified atom stereocenters. The number of hydrogen-bond donors (Lipinski definition) is 2. The van der Waals surface area contributed by atoms with Crippen molar-refractivity contribution in [1.82, 2.24) is 10.6 Å². The number of ether oxygens (including phenoxy) is 1. The van der Waals surface area contributed by atoms with Gasteiger partial charge in [-0.05, 0) is 26.8 Å². The smallest absolute Gasteiger partial charge is 0.0587 e. The van der Waals surface area contributed by atoms with Crippen molar-refractivity contribution in [3.05, 3.63) is 0 Å². The lowest BCUT2D eigenvalue weighted by atomic mass is 10.1. The first-order chi connectivity index (χ1) is 6.24. The molecule has 0 fully saturated rings. The van der Waals surface area contributed by atoms with Crippen molar-refractivity contribution in [1.29, 1.82) is 0 Å². The normalized spacial score (nSPS) is 15.7. The fraction of sp³-hybridized carbons (Fsp3) is 1.00. The van der Waals surface area contributed by atoms with Crippen LogP contribution in [0.2, 0.25) is 0 Å². The van der Waals surface area contributed by atoms with E-state index in [0.29, 0.717) is 12.1 Å². The lowest BCUT2D eigenvalue weighted by molar-refractivity contribution is 0.193. The Balaban J connectivity index is 3.50. The van der Waals surface area contributed by atoms with Gasteiger partial charge in [-0.15, -0.1) is 0 Å². The molecule has 0 bridgehead atoms. The Hall–Kier alpha value is -0.120. The summed E-state index contributed by atoms with van der Waals surface area (Å²) in [5.74, 6) is 0. The Labute approximate surface area is 82.2 Å². The van der Waals surface area contributed by atoms with Crippen LogP contribution in [0.1, 0.15) is 26.7 Å². The van der Waals surface area contributed by atoms with Gasteiger partial charge in [0.1, 0.15) is 0 Å². The third-order valence-electron chi connectivity index (χ3n) is 2.36. The Bertz CT molecular complexity index is 109. The minimum Gasteiger partial charge on any atom is -0.383 e. The highest BCUT2D eigenvalue weighted by Gasteiger charge is 2.08. The van der Waals surface area contributed by atoms with E-state index in [1.165, 1.54) is 12.8 Å². The third-order valence-corrected chi connectivity index (χ3v) is 2.36. The molecule has 3 nitrogen and oxygen atoms in total. The molecule has 2 atom stereocenters. The van der Waals surface area contributed by atoms with Crippen LogP contribution in [0.4, 0.5) is 0 Å². The van der Waals surface area contributed by atoms with E-state index < -0.39 is 0 Å². The summed E-state index contributed by atoms with van der Waals surface area (Å²) in [6.07, 6.45) is 2.35. The van der Waals surface area contributed by atoms with Gasteiger partial charge in [0, 0.05) is 25.7 Å². The zero-order chi connectivity index (χ0) is 10.1. The number of hydrogen-bond acceptors (Lipinski definition) is 3. The average Bonchev–Trinajstić information content (AvgIpc) is 2.16. The van der Waals surface area contributed by atoms with Crippen LogP contribution in [0, 0.1) is 0 Å². The van der Waals surface area contributed by atoms with Gasteiger partial charge in [-0.1, -0.05) is 6.92 Å². The zero-order valence-corrected chi connectivity index (χ0v) is 9.39. The second-order valence-corrected chi connectivity index (χ2v) is 3.48. The van der Waals surface area contributed by atoms with Gasteiger partial charge < -0.3 is 15.4 Å². The zero-order valence-electron chi connectivity index (χ0n) is 9.39. The molecule has 13 heavy (non-hydrogen) atoms. The highest BCUT2D eigenvalue weighted by molar-refractivity contribution is 4.70. The molecule has 0 aliphatic rings. The van der Waals surface area contributed by atoms with Crippen LogP contribution in [0.5, 0.6) is 0 Å². The molecule has 0 aromatic heterocycles. The van der Waals surface area contributed by atoms with E-state index in [-0.39, 0.29) is 0 Å². The summed E-state index contributed by atoms with van der Waals surface area (Å²) in [6, 6.07) is 1.19. The van der Waals surface area contributed by atoms with Crippen molar-refractivity contribution in [2.75, 3.05) is 27.3 Å². The lowest BCUT2D eigenvalue weighted by Gasteiger charge is -2.20. The lowest BCUT2D eigenvalue weighted by Crippen LogP contribution is -2.37. The Morgan fingerprint density at radius 1 is 1.38 bits per heavy atom. The molecule has 0 amide bonds. The van der Waals surface area contributed by atoms with E-state index >= 15 is 0 Å². The molecule has 2 N–H and O–H groups in total. The minimum atomic E-state index is 0.583. The summed E-state index contributed by atoms with van der Waals surface area (Å²) in [6.45, 7) is 6.17. The van der Waals surface area contributed by atoms with Crippen LogP contribution < -0.4 is 10.6 Å². The summed E-state index contributed by atoms with van der Waals surface area (Å²) >= 11 is 0. The topological polar surface area (TPSA) is 33.3 Å². The summed E-state index contributed by atoms with van der Waals surface area (Å²) in [5.41, 5.74) is 0. The quantitative estimate of drug-likeness (QED) is 0.558. The Morgan fingerprint density at radius 3 is 2.54 bits per heavy atom. The van der Waals surface area contributed by atoms with Gasteiger partial charge in [0.2, 0.25) is 0 Å². The standard InChI is InChI=1S/C10H24N2O/c1-5-10(8-9(2)11-3)12-6-7-13-4/h9-12H,5-8H2,1-4H3. The van der Waals surface area contributed by atoms with Gasteiger partial charge in [-0.2, -0.15) is 0 Å². The van der Waals surface area contributed by atoms with Gasteiger partial charge >= 0.3 is 0 Å². The van der Waals surface area contributed by atoms with Crippen LogP contribution in [0.25, 0.3) is 0 Å². The molecule has 0 spiro atoms. The van der Waals surface area contributed by atoms with Crippen LogP contribution in [-0.2, 0) is 4.74 Å². The largest absolute Gasteiger partial charge is 0.383 e. The fourth-order valence-corrected chi connectivity index (χ4v) is 1.30. The number of rotatable bonds is 8. The van der Waals surface area contributed by atoms with Gasteiger partial charge in [-0.25, -0.2) is 0 Å². The van der Waals surface area contributed by atoms with Crippen molar-refractivity contribution in [2.45, 2.75) is 38.8 Å². The molecule has 0 aromatic carbocycles. The number of nitrogens with one attached hydrogen (secondary N) is 2. The van der Waals surface area contributed by atoms with E-state index in [1.54, 1.807) is 7.11 Å². The molecule has 80 valence electrons. The van der Waals surface area contributed by atoms with Crippen LogP contribution >= 0.6 is 0 Å². The maximum absolute atomic E-state index is 4.99. The summed E-state index contributed by atoms with van der Waals surface area (Å²) < 4.78 is 4.99. The summed E-state index contributed by atoms with van der Waals surface area (Å²) in [5, 5.41) is 6.72. The molecule has 0 rings (SSSR count). The third kappa shape index (κ3) is 6.99. The Kier molecular flexibility index (Phi) is 8.40. The molecule has 0 saturated heterocycles. The van der Waals surface area contributed by atoms with Gasteiger partial charge in [0.15, 0.2) is 0 Å². The van der Waals surface area contributed by atoms with Crippen molar-refractivity contribution < 1.29 is 4.74 Å². The molecule has 0 heterocycles. The summed E-state index contributed by atoms with van der Waals surface area (Å²) in [4.78, 5) is 0. The predicted molar refractivity (Wildman–Crippen MR) is 57.1 cm³/mol. The maximum atomic E-state index is 4.99. The van der Waals surface area contributed by atoms with Crippen molar-refractivity contribution in [3.8, 4) is 0 Å². The van der Waals surface area contributed by atoms with Crippen molar-refractivity contribution in [2.24, 2.45) is 0 Å². The predicted octanol–water partition coefficient (Wildman–Crippen LogP) is 0.999. The van der Waals surface area contributed by atoms with E-state index in [2.05, 4.69) is 24.5 Å². The highest BCUT2D eigenvalue weighted by atomic mass is 16.5. The van der Waals surface area contributed by atoms with Crippen molar-refractivity contribution in [3.63, 3.8) is 0 Å². The molecular formula is C10H24N2O. The molecule has 0 saturated carbocycles. The molecule has 0 aliphatic heterocycles. The molecule has 0 radical (unpaired) electrons. The van der Waals surface area contributed by atoms with E-state index in [0.717, 1.165) is 13.2 Å². The monoisotopic (exact) mass is 188 g/mol. The Morgan fingerprint density at radius 2 is 2.08 bits per heavy atom. The van der Waals surface area contributed by atoms with E-state index in [9.17, 15) is 0 Å². The highest BCUT2D eigenvalue weighted by Crippen LogP contribution is 2.01. The first-order valence-corrected chi connectivity index (χ1v) is 5.14. The second kappa shape index (κ2) is 8.48. The fourth-order valence-electron chi connectivity index (χ4n) is 1.30. The van der Waals surface area contributed by atoms with Crippen molar-refractivity contribution >= 4 is 0 Å². The maximum Gasteiger partial charge on any atom is 0.0587 e. The van der Waals surface area contributed by atoms with Crippen LogP contribution in [0.3, 0.4) is 0 Å². The first kappa shape index (κ1) is 12.9. The molecular weight excluding hydrogens is 164 g/mol. The van der Waals surface area contributed by atoms with E-state index in [1.807, 2.05) is 7.05 Å². The molecule has 0 aliphatic carbocycles.